The van der Waals surface area contributed by atoms with Gasteiger partial charge in [0.2, 0.25) is 0 Å². The second kappa shape index (κ2) is 7.10. The zero-order valence-electron chi connectivity index (χ0n) is 16.8. The smallest absolute Gasteiger partial charge is 0.180 e. The van der Waals surface area contributed by atoms with E-state index in [9.17, 15) is 5.11 Å². The van der Waals surface area contributed by atoms with E-state index in [1.165, 1.54) is 23.7 Å². The molecule has 0 bridgehead atoms. The molecule has 3 heterocycles. The Morgan fingerprint density at radius 2 is 1.80 bits per heavy atom. The summed E-state index contributed by atoms with van der Waals surface area (Å²) in [6.45, 7) is 0. The molecule has 2 aliphatic carbocycles. The highest BCUT2D eigenvalue weighted by Crippen LogP contribution is 2.37. The fourth-order valence-corrected chi connectivity index (χ4v) is 5.20. The molecule has 2 aliphatic rings. The zero-order chi connectivity index (χ0) is 20.2. The highest BCUT2D eigenvalue weighted by molar-refractivity contribution is 6.36. The fourth-order valence-electron chi connectivity index (χ4n) is 4.90. The van der Waals surface area contributed by atoms with Crippen molar-refractivity contribution in [1.29, 1.82) is 0 Å². The van der Waals surface area contributed by atoms with Gasteiger partial charge in [-0.2, -0.15) is 0 Å². The second-order valence-electron chi connectivity index (χ2n) is 8.96. The number of hydrogen-bond acceptors (Lipinski definition) is 3. The molecule has 2 saturated carbocycles. The first-order chi connectivity index (χ1) is 14.7. The highest BCUT2D eigenvalue weighted by atomic mass is 35.5. The van der Waals surface area contributed by atoms with E-state index < -0.39 is 0 Å². The molecule has 6 heteroatoms. The Balaban J connectivity index is 1.35. The number of pyridine rings is 1. The maximum absolute atomic E-state index is 9.82. The van der Waals surface area contributed by atoms with Gasteiger partial charge in [-0.05, 0) is 74.3 Å². The highest BCUT2D eigenvalue weighted by Gasteiger charge is 2.25. The number of fused-ring (bicyclic) bond motifs is 2. The van der Waals surface area contributed by atoms with Crippen molar-refractivity contribution in [2.45, 2.75) is 57.1 Å². The molecular weight excluding hydrogens is 396 g/mol. The molecule has 1 aromatic carbocycles. The van der Waals surface area contributed by atoms with E-state index in [1.807, 2.05) is 4.40 Å². The summed E-state index contributed by atoms with van der Waals surface area (Å²) >= 11 is 6.78. The Bertz CT molecular complexity index is 1230. The van der Waals surface area contributed by atoms with Gasteiger partial charge in [0, 0.05) is 41.3 Å². The first kappa shape index (κ1) is 18.4. The maximum Gasteiger partial charge on any atom is 0.180 e. The number of aliphatic hydroxyl groups excluding tert-OH is 1. The summed E-state index contributed by atoms with van der Waals surface area (Å²) < 4.78 is 4.41. The molecule has 0 unspecified atom stereocenters. The fraction of sp³-hybridized carbons (Fsp3) is 0.417. The van der Waals surface area contributed by atoms with Crippen LogP contribution in [0.4, 0.5) is 0 Å². The van der Waals surface area contributed by atoms with Crippen molar-refractivity contribution in [1.82, 2.24) is 19.2 Å². The molecule has 0 spiro atoms. The van der Waals surface area contributed by atoms with Gasteiger partial charge in [-0.3, -0.25) is 4.40 Å². The van der Waals surface area contributed by atoms with E-state index >= 15 is 0 Å². The van der Waals surface area contributed by atoms with Crippen molar-refractivity contribution in [3.63, 3.8) is 0 Å². The molecule has 154 valence electrons. The lowest BCUT2D eigenvalue weighted by Gasteiger charge is -2.27. The molecule has 2 fully saturated rings. The lowest BCUT2D eigenvalue weighted by molar-refractivity contribution is 0.111. The van der Waals surface area contributed by atoms with Gasteiger partial charge in [0.15, 0.2) is 5.65 Å². The average Bonchev–Trinajstić information content (AvgIpc) is 3.33. The van der Waals surface area contributed by atoms with Crippen LogP contribution in [0.25, 0.3) is 27.7 Å². The Morgan fingerprint density at radius 1 is 0.967 bits per heavy atom. The van der Waals surface area contributed by atoms with Crippen LogP contribution < -0.4 is 0 Å². The minimum atomic E-state index is -0.131. The van der Waals surface area contributed by atoms with Crippen LogP contribution in [-0.2, 0) is 6.42 Å². The first-order valence-corrected chi connectivity index (χ1v) is 11.4. The number of hydrogen-bond donors (Lipinski definition) is 1. The quantitative estimate of drug-likeness (QED) is 0.478. The molecule has 1 N–H and O–H groups in total. The second-order valence-corrected chi connectivity index (χ2v) is 9.34. The number of benzene rings is 1. The largest absolute Gasteiger partial charge is 0.393 e. The minimum absolute atomic E-state index is 0.131. The van der Waals surface area contributed by atoms with Gasteiger partial charge in [0.05, 0.1) is 11.1 Å². The number of halogens is 1. The van der Waals surface area contributed by atoms with Crippen LogP contribution in [0.15, 0.2) is 42.7 Å². The van der Waals surface area contributed by atoms with Crippen LogP contribution in [0.5, 0.6) is 0 Å². The van der Waals surface area contributed by atoms with Crippen LogP contribution in [0.2, 0.25) is 5.02 Å². The molecule has 0 atom stereocenters. The molecule has 0 aliphatic heterocycles. The lowest BCUT2D eigenvalue weighted by atomic mass is 9.93. The molecule has 4 aromatic rings. The molecule has 0 radical (unpaired) electrons. The van der Waals surface area contributed by atoms with Crippen molar-refractivity contribution in [2.75, 3.05) is 0 Å². The molecule has 30 heavy (non-hydrogen) atoms. The van der Waals surface area contributed by atoms with Gasteiger partial charge < -0.3 is 9.67 Å². The van der Waals surface area contributed by atoms with Crippen LogP contribution in [0.1, 0.15) is 50.4 Å². The van der Waals surface area contributed by atoms with Crippen molar-refractivity contribution in [3.05, 3.63) is 53.6 Å². The predicted octanol–water partition coefficient (Wildman–Crippen LogP) is 5.43. The first-order valence-electron chi connectivity index (χ1n) is 11.0. The third kappa shape index (κ3) is 3.12. The topological polar surface area (TPSA) is 55.4 Å². The Labute approximate surface area is 180 Å². The number of rotatable bonds is 4. The average molecular weight is 421 g/mol. The molecule has 5 nitrogen and oxygen atoms in total. The molecule has 3 aromatic heterocycles. The van der Waals surface area contributed by atoms with Crippen molar-refractivity contribution < 1.29 is 5.11 Å². The number of aliphatic hydroxyl groups is 1. The van der Waals surface area contributed by atoms with Gasteiger partial charge in [0.25, 0.3) is 0 Å². The summed E-state index contributed by atoms with van der Waals surface area (Å²) in [5.41, 5.74) is 4.07. The van der Waals surface area contributed by atoms with Crippen molar-refractivity contribution in [2.24, 2.45) is 5.92 Å². The van der Waals surface area contributed by atoms with Crippen molar-refractivity contribution in [3.8, 4) is 11.1 Å². The van der Waals surface area contributed by atoms with E-state index in [1.54, 1.807) is 0 Å². The Morgan fingerprint density at radius 3 is 2.60 bits per heavy atom. The van der Waals surface area contributed by atoms with Crippen molar-refractivity contribution >= 4 is 28.2 Å². The lowest BCUT2D eigenvalue weighted by Crippen LogP contribution is -2.20. The Kier molecular flexibility index (Phi) is 4.36. The minimum Gasteiger partial charge on any atom is -0.393 e. The van der Waals surface area contributed by atoms with E-state index in [0.29, 0.717) is 11.1 Å². The summed E-state index contributed by atoms with van der Waals surface area (Å²) in [6.07, 6.45) is 11.5. The molecule has 0 saturated heterocycles. The molecule has 6 rings (SSSR count). The monoisotopic (exact) mass is 420 g/mol. The van der Waals surface area contributed by atoms with E-state index in [0.717, 1.165) is 60.6 Å². The van der Waals surface area contributed by atoms with Gasteiger partial charge in [-0.15, -0.1) is 10.2 Å². The third-order valence-corrected chi connectivity index (χ3v) is 7.22. The third-order valence-electron chi connectivity index (χ3n) is 6.85. The standard InChI is InChI=1S/C24H25ClN4O/c25-23-20(10-12-29-22(13-15-1-2-15)26-27-24(23)29)16-3-8-21-17(14-16)9-11-28(21)18-4-6-19(30)7-5-18/h3,8-12,14-15,18-19,30H,1-2,4-7,13H2/t18-,19-. The van der Waals surface area contributed by atoms with E-state index in [-0.39, 0.29) is 6.10 Å². The maximum atomic E-state index is 9.82. The summed E-state index contributed by atoms with van der Waals surface area (Å²) in [7, 11) is 0. The SMILES string of the molecule is O[C@H]1CC[C@H](n2ccc3cc(-c4ccn5c(CC6CC6)nnc5c4Cl)ccc32)CC1. The van der Waals surface area contributed by atoms with E-state index in [4.69, 9.17) is 11.6 Å². The Hall–Kier alpha value is -2.37. The normalized spacial score (nSPS) is 22.2. The van der Waals surface area contributed by atoms with Gasteiger partial charge in [-0.25, -0.2) is 0 Å². The van der Waals surface area contributed by atoms with E-state index in [2.05, 4.69) is 57.5 Å². The van der Waals surface area contributed by atoms with Crippen LogP contribution in [0, 0.1) is 5.92 Å². The summed E-state index contributed by atoms with van der Waals surface area (Å²) in [6, 6.07) is 11.3. The molecular formula is C24H25ClN4O. The zero-order valence-corrected chi connectivity index (χ0v) is 17.6. The van der Waals surface area contributed by atoms with Gasteiger partial charge in [-0.1, -0.05) is 17.7 Å². The van der Waals surface area contributed by atoms with Crippen LogP contribution >= 0.6 is 11.6 Å². The number of aromatic nitrogens is 4. The summed E-state index contributed by atoms with van der Waals surface area (Å²) in [5, 5.41) is 20.5. The predicted molar refractivity (Wildman–Crippen MR) is 119 cm³/mol. The van der Waals surface area contributed by atoms with Gasteiger partial charge >= 0.3 is 0 Å². The number of nitrogens with zero attached hydrogens (tertiary/aromatic N) is 4. The summed E-state index contributed by atoms with van der Waals surface area (Å²) in [5.74, 6) is 1.76. The van der Waals surface area contributed by atoms with Crippen LogP contribution in [-0.4, -0.2) is 30.4 Å². The van der Waals surface area contributed by atoms with Crippen LogP contribution in [0.3, 0.4) is 0 Å². The summed E-state index contributed by atoms with van der Waals surface area (Å²) in [4.78, 5) is 0. The van der Waals surface area contributed by atoms with Gasteiger partial charge in [0.1, 0.15) is 5.82 Å². The molecule has 0 amide bonds.